The zero-order valence-corrected chi connectivity index (χ0v) is 10.2. The Kier molecular flexibility index (Phi) is 3.50. The van der Waals surface area contributed by atoms with E-state index in [-0.39, 0.29) is 10.6 Å². The van der Waals surface area contributed by atoms with Crippen LogP contribution in [0.4, 0.5) is 11.4 Å². The lowest BCUT2D eigenvalue weighted by Gasteiger charge is -2.01. The number of hydrogen-bond donors (Lipinski definition) is 1. The number of rotatable bonds is 3. The van der Waals surface area contributed by atoms with Crippen LogP contribution in [0.2, 0.25) is 0 Å². The van der Waals surface area contributed by atoms with Crippen LogP contribution in [0.15, 0.2) is 69.7 Å². The van der Waals surface area contributed by atoms with Crippen LogP contribution in [0.1, 0.15) is 0 Å². The molecule has 0 fully saturated rings. The van der Waals surface area contributed by atoms with Crippen LogP contribution in [0, 0.1) is 0 Å². The second-order valence-electron chi connectivity index (χ2n) is 3.55. The van der Waals surface area contributed by atoms with Gasteiger partial charge in [-0.05, 0) is 24.3 Å². The Bertz CT molecular complexity index is 667. The maximum absolute atomic E-state index is 11.3. The highest BCUT2D eigenvalue weighted by Gasteiger charge is 2.12. The Hall–Kier alpha value is -2.05. The lowest BCUT2D eigenvalue weighted by atomic mass is 10.3. The summed E-state index contributed by atoms with van der Waals surface area (Å²) in [7, 11) is -3.79. The molecule has 0 radical (unpaired) electrons. The van der Waals surface area contributed by atoms with E-state index in [9.17, 15) is 8.42 Å². The Morgan fingerprint density at radius 1 is 0.833 bits per heavy atom. The molecule has 92 valence electrons. The molecule has 0 aliphatic carbocycles. The molecule has 0 spiro atoms. The van der Waals surface area contributed by atoms with Gasteiger partial charge in [-0.3, -0.25) is 0 Å². The highest BCUT2D eigenvalue weighted by atomic mass is 32.2. The van der Waals surface area contributed by atoms with E-state index in [0.717, 1.165) is 0 Å². The SMILES string of the molecule is NS(=O)(=O)c1ccccc1N=Nc1ccccc1. The largest absolute Gasteiger partial charge is 0.240 e. The van der Waals surface area contributed by atoms with Crippen molar-refractivity contribution in [2.45, 2.75) is 4.90 Å². The van der Waals surface area contributed by atoms with Crippen molar-refractivity contribution in [1.29, 1.82) is 0 Å². The van der Waals surface area contributed by atoms with E-state index in [1.807, 2.05) is 18.2 Å². The maximum atomic E-state index is 11.3. The van der Waals surface area contributed by atoms with Crippen molar-refractivity contribution in [2.75, 3.05) is 0 Å². The molecule has 2 aromatic carbocycles. The third kappa shape index (κ3) is 2.99. The van der Waals surface area contributed by atoms with E-state index in [0.29, 0.717) is 5.69 Å². The predicted molar refractivity (Wildman–Crippen MR) is 68.4 cm³/mol. The molecule has 6 heteroatoms. The molecule has 2 aromatic rings. The zero-order valence-electron chi connectivity index (χ0n) is 9.39. The number of primary sulfonamides is 1. The molecule has 2 rings (SSSR count). The molecule has 0 atom stereocenters. The first kappa shape index (κ1) is 12.4. The number of sulfonamides is 1. The second-order valence-corrected chi connectivity index (χ2v) is 5.08. The average molecular weight is 261 g/mol. The number of azo groups is 1. The minimum Gasteiger partial charge on any atom is -0.225 e. The molecule has 0 amide bonds. The van der Waals surface area contributed by atoms with Crippen molar-refractivity contribution in [3.63, 3.8) is 0 Å². The fraction of sp³-hybridized carbons (Fsp3) is 0. The second kappa shape index (κ2) is 5.07. The zero-order chi connectivity index (χ0) is 13.0. The third-order valence-electron chi connectivity index (χ3n) is 2.20. The van der Waals surface area contributed by atoms with Gasteiger partial charge in [0.15, 0.2) is 0 Å². The van der Waals surface area contributed by atoms with E-state index in [4.69, 9.17) is 5.14 Å². The standard InChI is InChI=1S/C12H11N3O2S/c13-18(16,17)12-9-5-4-8-11(12)15-14-10-6-2-1-3-7-10/h1-9H,(H2,13,16,17). The molecule has 0 saturated heterocycles. The summed E-state index contributed by atoms with van der Waals surface area (Å²) in [5.41, 5.74) is 0.866. The molecule has 0 aliphatic rings. The fourth-order valence-electron chi connectivity index (χ4n) is 1.39. The molecular weight excluding hydrogens is 250 g/mol. The van der Waals surface area contributed by atoms with Gasteiger partial charge in [-0.15, -0.1) is 5.11 Å². The van der Waals surface area contributed by atoms with Crippen molar-refractivity contribution in [2.24, 2.45) is 15.4 Å². The van der Waals surface area contributed by atoms with Crippen molar-refractivity contribution < 1.29 is 8.42 Å². The number of benzene rings is 2. The van der Waals surface area contributed by atoms with Gasteiger partial charge >= 0.3 is 0 Å². The summed E-state index contributed by atoms with van der Waals surface area (Å²) >= 11 is 0. The topological polar surface area (TPSA) is 84.9 Å². The number of nitrogens with zero attached hydrogens (tertiary/aromatic N) is 2. The maximum Gasteiger partial charge on any atom is 0.240 e. The third-order valence-corrected chi connectivity index (χ3v) is 3.16. The van der Waals surface area contributed by atoms with Crippen molar-refractivity contribution in [3.05, 3.63) is 54.6 Å². The highest BCUT2D eigenvalue weighted by Crippen LogP contribution is 2.24. The predicted octanol–water partition coefficient (Wildman–Crippen LogP) is 2.75. The summed E-state index contributed by atoms with van der Waals surface area (Å²) in [6, 6.07) is 15.2. The number of hydrogen-bond acceptors (Lipinski definition) is 4. The molecule has 2 N–H and O–H groups in total. The Labute approximate surface area is 105 Å². The summed E-state index contributed by atoms with van der Waals surface area (Å²) in [6.45, 7) is 0. The normalized spacial score (nSPS) is 11.8. The van der Waals surface area contributed by atoms with Gasteiger partial charge in [0.05, 0.1) is 5.69 Å². The summed E-state index contributed by atoms with van der Waals surface area (Å²) in [6.07, 6.45) is 0. The van der Waals surface area contributed by atoms with Crippen molar-refractivity contribution >= 4 is 21.4 Å². The van der Waals surface area contributed by atoms with Gasteiger partial charge in [0, 0.05) is 0 Å². The van der Waals surface area contributed by atoms with Crippen LogP contribution in [0.3, 0.4) is 0 Å². The average Bonchev–Trinajstić information content (AvgIpc) is 2.37. The summed E-state index contributed by atoms with van der Waals surface area (Å²) in [5, 5.41) is 13.0. The minimum atomic E-state index is -3.79. The van der Waals surface area contributed by atoms with Crippen LogP contribution in [-0.4, -0.2) is 8.42 Å². The fourth-order valence-corrected chi connectivity index (χ4v) is 2.06. The first-order chi connectivity index (χ1) is 8.57. The van der Waals surface area contributed by atoms with Gasteiger partial charge in [-0.1, -0.05) is 30.3 Å². The monoisotopic (exact) mass is 261 g/mol. The summed E-state index contributed by atoms with van der Waals surface area (Å²) < 4.78 is 22.7. The Morgan fingerprint density at radius 2 is 1.44 bits per heavy atom. The van der Waals surface area contributed by atoms with Gasteiger partial charge in [0.25, 0.3) is 0 Å². The van der Waals surface area contributed by atoms with Crippen LogP contribution < -0.4 is 5.14 Å². The van der Waals surface area contributed by atoms with E-state index < -0.39 is 10.0 Å². The lowest BCUT2D eigenvalue weighted by Crippen LogP contribution is -2.12. The van der Waals surface area contributed by atoms with Gasteiger partial charge in [0.1, 0.15) is 10.6 Å². The highest BCUT2D eigenvalue weighted by molar-refractivity contribution is 7.89. The Morgan fingerprint density at radius 3 is 2.11 bits per heavy atom. The molecule has 0 saturated carbocycles. The van der Waals surface area contributed by atoms with E-state index in [2.05, 4.69) is 10.2 Å². The summed E-state index contributed by atoms with van der Waals surface area (Å²) in [4.78, 5) is -0.0373. The van der Waals surface area contributed by atoms with Gasteiger partial charge in [-0.2, -0.15) is 5.11 Å². The van der Waals surface area contributed by atoms with E-state index >= 15 is 0 Å². The van der Waals surface area contributed by atoms with Crippen molar-refractivity contribution in [3.8, 4) is 0 Å². The van der Waals surface area contributed by atoms with Gasteiger partial charge in [0.2, 0.25) is 10.0 Å². The molecule has 0 unspecified atom stereocenters. The Balaban J connectivity index is 2.39. The molecule has 0 aliphatic heterocycles. The van der Waals surface area contributed by atoms with Crippen LogP contribution in [-0.2, 0) is 10.0 Å². The number of nitrogens with two attached hydrogens (primary N) is 1. The van der Waals surface area contributed by atoms with Crippen LogP contribution in [0.25, 0.3) is 0 Å². The van der Waals surface area contributed by atoms with E-state index in [1.165, 1.54) is 6.07 Å². The molecule has 5 nitrogen and oxygen atoms in total. The first-order valence-corrected chi connectivity index (χ1v) is 6.70. The van der Waals surface area contributed by atoms with E-state index in [1.54, 1.807) is 30.3 Å². The van der Waals surface area contributed by atoms with Gasteiger partial charge < -0.3 is 0 Å². The van der Waals surface area contributed by atoms with Crippen molar-refractivity contribution in [1.82, 2.24) is 0 Å². The smallest absolute Gasteiger partial charge is 0.225 e. The molecular formula is C12H11N3O2S. The minimum absolute atomic E-state index is 0.0373. The summed E-state index contributed by atoms with van der Waals surface area (Å²) in [5.74, 6) is 0. The molecule has 0 aromatic heterocycles. The van der Waals surface area contributed by atoms with Crippen LogP contribution in [0.5, 0.6) is 0 Å². The van der Waals surface area contributed by atoms with Crippen LogP contribution >= 0.6 is 0 Å². The lowest BCUT2D eigenvalue weighted by molar-refractivity contribution is 0.598. The quantitative estimate of drug-likeness (QED) is 0.861. The molecule has 18 heavy (non-hydrogen) atoms. The molecule has 0 heterocycles. The van der Waals surface area contributed by atoms with Gasteiger partial charge in [-0.25, -0.2) is 13.6 Å². The molecule has 0 bridgehead atoms. The first-order valence-electron chi connectivity index (χ1n) is 5.16.